The molecule has 1 amide bonds. The van der Waals surface area contributed by atoms with Crippen LogP contribution in [0.25, 0.3) is 0 Å². The van der Waals surface area contributed by atoms with Gasteiger partial charge in [0.2, 0.25) is 5.91 Å². The third kappa shape index (κ3) is 4.84. The van der Waals surface area contributed by atoms with Crippen LogP contribution in [0.5, 0.6) is 0 Å². The molecule has 0 heterocycles. The molecule has 22 heavy (non-hydrogen) atoms. The van der Waals surface area contributed by atoms with E-state index in [1.807, 2.05) is 31.2 Å². The number of ether oxygens (including phenoxy) is 2. The fourth-order valence-electron chi connectivity index (χ4n) is 2.58. The van der Waals surface area contributed by atoms with Crippen LogP contribution < -0.4 is 5.73 Å². The Hall–Kier alpha value is -1.88. The molecular formula is C17H25NO4. The third-order valence-electron chi connectivity index (χ3n) is 3.75. The van der Waals surface area contributed by atoms with Gasteiger partial charge in [-0.25, -0.2) is 0 Å². The molecule has 0 saturated heterocycles. The molecule has 0 bridgehead atoms. The largest absolute Gasteiger partial charge is 0.469 e. The highest BCUT2D eigenvalue weighted by molar-refractivity contribution is 5.80. The van der Waals surface area contributed by atoms with Crippen molar-refractivity contribution in [3.8, 4) is 0 Å². The van der Waals surface area contributed by atoms with E-state index in [4.69, 9.17) is 10.5 Å². The van der Waals surface area contributed by atoms with Gasteiger partial charge in [-0.2, -0.15) is 0 Å². The molecule has 122 valence electrons. The molecule has 0 fully saturated rings. The Balaban J connectivity index is 2.91. The van der Waals surface area contributed by atoms with Crippen molar-refractivity contribution in [2.75, 3.05) is 13.7 Å². The van der Waals surface area contributed by atoms with Crippen LogP contribution in [0.15, 0.2) is 24.3 Å². The van der Waals surface area contributed by atoms with Gasteiger partial charge in [-0.15, -0.1) is 0 Å². The smallest absolute Gasteiger partial charge is 0.307 e. The van der Waals surface area contributed by atoms with Crippen molar-refractivity contribution < 1.29 is 19.1 Å². The Kier molecular flexibility index (Phi) is 7.60. The number of benzene rings is 1. The minimum Gasteiger partial charge on any atom is -0.469 e. The highest BCUT2D eigenvalue weighted by Gasteiger charge is 2.28. The highest BCUT2D eigenvalue weighted by atomic mass is 16.5. The van der Waals surface area contributed by atoms with E-state index in [0.717, 1.165) is 18.4 Å². The Morgan fingerprint density at radius 3 is 2.45 bits per heavy atom. The first kappa shape index (κ1) is 18.2. The second-order valence-corrected chi connectivity index (χ2v) is 5.09. The van der Waals surface area contributed by atoms with Crippen LogP contribution in [0.3, 0.4) is 0 Å². The Bertz CT molecular complexity index is 501. The number of hydrogen-bond donors (Lipinski definition) is 1. The van der Waals surface area contributed by atoms with Crippen molar-refractivity contribution in [2.45, 2.75) is 45.1 Å². The highest BCUT2D eigenvalue weighted by Crippen LogP contribution is 2.29. The number of amides is 1. The van der Waals surface area contributed by atoms with Crippen LogP contribution in [0, 0.1) is 0 Å². The number of primary amides is 1. The number of nitrogens with two attached hydrogens (primary N) is 1. The van der Waals surface area contributed by atoms with Crippen molar-refractivity contribution in [2.24, 2.45) is 5.73 Å². The standard InChI is InChI=1S/C17H25NO4/c1-4-12-8-6-7-9-14(12)13(5-2)16(17(18)20)22-11-10-15(19)21-3/h6-9,13,16H,4-5,10-11H2,1-3H3,(H2,18,20). The Morgan fingerprint density at radius 1 is 1.23 bits per heavy atom. The van der Waals surface area contributed by atoms with Gasteiger partial charge in [0.1, 0.15) is 6.10 Å². The summed E-state index contributed by atoms with van der Waals surface area (Å²) in [5.41, 5.74) is 7.77. The van der Waals surface area contributed by atoms with Crippen molar-refractivity contribution in [1.29, 1.82) is 0 Å². The van der Waals surface area contributed by atoms with E-state index in [0.29, 0.717) is 0 Å². The SMILES string of the molecule is CCc1ccccc1C(CC)C(OCCC(=O)OC)C(N)=O. The summed E-state index contributed by atoms with van der Waals surface area (Å²) in [4.78, 5) is 23.0. The molecule has 0 aliphatic carbocycles. The van der Waals surface area contributed by atoms with Crippen molar-refractivity contribution in [1.82, 2.24) is 0 Å². The van der Waals surface area contributed by atoms with Crippen LogP contribution in [0.1, 0.15) is 43.7 Å². The van der Waals surface area contributed by atoms with Gasteiger partial charge in [0.05, 0.1) is 20.1 Å². The summed E-state index contributed by atoms with van der Waals surface area (Å²) in [6, 6.07) is 7.98. The van der Waals surface area contributed by atoms with E-state index in [1.165, 1.54) is 12.7 Å². The summed E-state index contributed by atoms with van der Waals surface area (Å²) in [7, 11) is 1.32. The maximum atomic E-state index is 11.8. The van der Waals surface area contributed by atoms with Crippen LogP contribution in [-0.2, 0) is 25.5 Å². The molecule has 2 atom stereocenters. The molecule has 0 aliphatic heterocycles. The maximum Gasteiger partial charge on any atom is 0.307 e. The molecular weight excluding hydrogens is 282 g/mol. The average molecular weight is 307 g/mol. The lowest BCUT2D eigenvalue weighted by molar-refractivity contribution is -0.144. The zero-order valence-electron chi connectivity index (χ0n) is 13.5. The predicted octanol–water partition coefficient (Wildman–Crippen LogP) is 2.18. The topological polar surface area (TPSA) is 78.6 Å². The fourth-order valence-corrected chi connectivity index (χ4v) is 2.58. The lowest BCUT2D eigenvalue weighted by atomic mass is 9.86. The molecule has 1 rings (SSSR count). The summed E-state index contributed by atoms with van der Waals surface area (Å²) in [5, 5.41) is 0. The van der Waals surface area contributed by atoms with E-state index in [1.54, 1.807) is 0 Å². The molecule has 5 nitrogen and oxygen atoms in total. The molecule has 0 spiro atoms. The molecule has 0 saturated carbocycles. The number of carbonyl (C=O) groups excluding carboxylic acids is 2. The van der Waals surface area contributed by atoms with Gasteiger partial charge in [0, 0.05) is 5.92 Å². The number of esters is 1. The van der Waals surface area contributed by atoms with E-state index in [2.05, 4.69) is 11.7 Å². The fraction of sp³-hybridized carbons (Fsp3) is 0.529. The molecule has 0 aromatic heterocycles. The first-order chi connectivity index (χ1) is 10.5. The third-order valence-corrected chi connectivity index (χ3v) is 3.75. The van der Waals surface area contributed by atoms with E-state index in [9.17, 15) is 9.59 Å². The zero-order chi connectivity index (χ0) is 16.5. The van der Waals surface area contributed by atoms with Crippen molar-refractivity contribution in [3.63, 3.8) is 0 Å². The summed E-state index contributed by atoms with van der Waals surface area (Å²) >= 11 is 0. The van der Waals surface area contributed by atoms with Gasteiger partial charge >= 0.3 is 5.97 Å². The monoisotopic (exact) mass is 307 g/mol. The number of methoxy groups -OCH3 is 1. The van der Waals surface area contributed by atoms with Gasteiger partial charge in [-0.1, -0.05) is 38.1 Å². The quantitative estimate of drug-likeness (QED) is 0.709. The Morgan fingerprint density at radius 2 is 1.91 bits per heavy atom. The van der Waals surface area contributed by atoms with Gasteiger partial charge in [-0.05, 0) is 24.0 Å². The minimum atomic E-state index is -0.748. The summed E-state index contributed by atoms with van der Waals surface area (Å²) in [6.07, 6.45) is 0.956. The summed E-state index contributed by atoms with van der Waals surface area (Å²) < 4.78 is 10.2. The molecule has 1 aromatic carbocycles. The lowest BCUT2D eigenvalue weighted by Gasteiger charge is -2.26. The first-order valence-corrected chi connectivity index (χ1v) is 7.60. The summed E-state index contributed by atoms with van der Waals surface area (Å²) in [6.45, 7) is 4.19. The van der Waals surface area contributed by atoms with E-state index < -0.39 is 12.0 Å². The maximum absolute atomic E-state index is 11.8. The first-order valence-electron chi connectivity index (χ1n) is 7.60. The molecule has 1 aromatic rings. The van der Waals surface area contributed by atoms with Gasteiger partial charge in [0.25, 0.3) is 0 Å². The normalized spacial score (nSPS) is 13.4. The minimum absolute atomic E-state index is 0.103. The van der Waals surface area contributed by atoms with Crippen LogP contribution in [0.2, 0.25) is 0 Å². The number of rotatable bonds is 9. The van der Waals surface area contributed by atoms with Crippen molar-refractivity contribution in [3.05, 3.63) is 35.4 Å². The van der Waals surface area contributed by atoms with E-state index >= 15 is 0 Å². The van der Waals surface area contributed by atoms with Crippen molar-refractivity contribution >= 4 is 11.9 Å². The van der Waals surface area contributed by atoms with Crippen LogP contribution in [-0.4, -0.2) is 31.7 Å². The van der Waals surface area contributed by atoms with Gasteiger partial charge < -0.3 is 15.2 Å². The van der Waals surface area contributed by atoms with E-state index in [-0.39, 0.29) is 24.9 Å². The number of carbonyl (C=O) groups is 2. The second kappa shape index (κ2) is 9.20. The molecule has 0 aliphatic rings. The lowest BCUT2D eigenvalue weighted by Crippen LogP contribution is -2.37. The van der Waals surface area contributed by atoms with Gasteiger partial charge in [-0.3, -0.25) is 9.59 Å². The summed E-state index contributed by atoms with van der Waals surface area (Å²) in [5.74, 6) is -1.00. The number of aryl methyl sites for hydroxylation is 1. The predicted molar refractivity (Wildman–Crippen MR) is 84.4 cm³/mol. The van der Waals surface area contributed by atoms with Crippen LogP contribution in [0.4, 0.5) is 0 Å². The molecule has 5 heteroatoms. The van der Waals surface area contributed by atoms with Crippen LogP contribution >= 0.6 is 0 Å². The molecule has 2 unspecified atom stereocenters. The zero-order valence-corrected chi connectivity index (χ0v) is 13.5. The number of hydrogen-bond acceptors (Lipinski definition) is 4. The Labute approximate surface area is 131 Å². The second-order valence-electron chi connectivity index (χ2n) is 5.09. The average Bonchev–Trinajstić information content (AvgIpc) is 2.53. The molecule has 0 radical (unpaired) electrons. The molecule has 2 N–H and O–H groups in total. The van der Waals surface area contributed by atoms with Gasteiger partial charge in [0.15, 0.2) is 0 Å².